The lowest BCUT2D eigenvalue weighted by Gasteiger charge is -2.36. The van der Waals surface area contributed by atoms with E-state index in [-0.39, 0.29) is 16.4 Å². The van der Waals surface area contributed by atoms with Crippen LogP contribution in [0.1, 0.15) is 15.9 Å². The highest BCUT2D eigenvalue weighted by Crippen LogP contribution is 2.29. The molecular weight excluding hydrogens is 466 g/mol. The first kappa shape index (κ1) is 23.8. The van der Waals surface area contributed by atoms with Crippen LogP contribution in [0.3, 0.4) is 0 Å². The van der Waals surface area contributed by atoms with Gasteiger partial charge >= 0.3 is 0 Å². The van der Waals surface area contributed by atoms with Crippen molar-refractivity contribution < 1.29 is 22.7 Å². The average Bonchev–Trinajstić information content (AvgIpc) is 2.85. The Kier molecular flexibility index (Phi) is 7.13. The number of morpholine rings is 1. The second-order valence-corrected chi connectivity index (χ2v) is 10.5. The van der Waals surface area contributed by atoms with Crippen molar-refractivity contribution in [1.29, 1.82) is 0 Å². The maximum absolute atomic E-state index is 13.4. The van der Waals surface area contributed by atoms with Crippen molar-refractivity contribution in [2.45, 2.75) is 11.8 Å². The van der Waals surface area contributed by atoms with E-state index in [4.69, 9.17) is 21.1 Å². The molecule has 2 aromatic carbocycles. The Hall–Kier alpha value is -2.33. The molecule has 8 nitrogen and oxygen atoms in total. The van der Waals surface area contributed by atoms with Gasteiger partial charge in [0.05, 0.1) is 30.8 Å². The molecule has 0 bridgehead atoms. The van der Waals surface area contributed by atoms with Crippen molar-refractivity contribution in [2.24, 2.45) is 0 Å². The lowest BCUT2D eigenvalue weighted by Crippen LogP contribution is -2.48. The van der Waals surface area contributed by atoms with E-state index in [2.05, 4.69) is 4.90 Å². The van der Waals surface area contributed by atoms with Gasteiger partial charge < -0.3 is 19.3 Å². The van der Waals surface area contributed by atoms with Crippen LogP contribution in [0.2, 0.25) is 5.02 Å². The van der Waals surface area contributed by atoms with E-state index in [1.54, 1.807) is 11.0 Å². The quantitative estimate of drug-likeness (QED) is 0.637. The molecule has 2 fully saturated rings. The van der Waals surface area contributed by atoms with Crippen LogP contribution in [0.4, 0.5) is 5.69 Å². The molecule has 2 aliphatic heterocycles. The van der Waals surface area contributed by atoms with Crippen LogP contribution < -0.4 is 9.64 Å². The molecule has 2 saturated heterocycles. The van der Waals surface area contributed by atoms with Gasteiger partial charge in [-0.15, -0.1) is 0 Å². The predicted molar refractivity (Wildman–Crippen MR) is 127 cm³/mol. The van der Waals surface area contributed by atoms with Gasteiger partial charge in [0.25, 0.3) is 5.91 Å². The number of aryl methyl sites for hydroxylation is 1. The zero-order valence-corrected chi connectivity index (χ0v) is 20.4. The molecule has 4 rings (SSSR count). The Labute approximate surface area is 199 Å². The summed E-state index contributed by atoms with van der Waals surface area (Å²) in [5, 5.41) is 0.654. The molecule has 178 valence electrons. The minimum atomic E-state index is -3.77. The van der Waals surface area contributed by atoms with E-state index in [1.807, 2.05) is 25.1 Å². The molecule has 0 N–H and O–H groups in total. The minimum Gasteiger partial charge on any atom is -0.496 e. The van der Waals surface area contributed by atoms with Gasteiger partial charge in [-0.3, -0.25) is 4.79 Å². The van der Waals surface area contributed by atoms with Gasteiger partial charge in [0.1, 0.15) is 5.75 Å². The van der Waals surface area contributed by atoms with E-state index in [1.165, 1.54) is 23.5 Å². The van der Waals surface area contributed by atoms with Gasteiger partial charge in [0.15, 0.2) is 0 Å². The fraction of sp³-hybridized carbons (Fsp3) is 0.435. The number of sulfonamides is 1. The molecule has 33 heavy (non-hydrogen) atoms. The van der Waals surface area contributed by atoms with Crippen LogP contribution in [0.25, 0.3) is 0 Å². The van der Waals surface area contributed by atoms with Gasteiger partial charge in [-0.2, -0.15) is 4.31 Å². The summed E-state index contributed by atoms with van der Waals surface area (Å²) < 4.78 is 38.9. The summed E-state index contributed by atoms with van der Waals surface area (Å²) in [6.07, 6.45) is 0. The third kappa shape index (κ3) is 4.96. The monoisotopic (exact) mass is 493 g/mol. The molecule has 0 aromatic heterocycles. The Bertz CT molecular complexity index is 1130. The fourth-order valence-corrected chi connectivity index (χ4v) is 5.81. The lowest BCUT2D eigenvalue weighted by atomic mass is 10.1. The van der Waals surface area contributed by atoms with Crippen molar-refractivity contribution in [2.75, 3.05) is 64.5 Å². The number of rotatable bonds is 5. The Morgan fingerprint density at radius 1 is 1.00 bits per heavy atom. The first-order valence-electron chi connectivity index (χ1n) is 10.9. The number of halogens is 1. The maximum Gasteiger partial charge on any atom is 0.257 e. The molecule has 2 aliphatic rings. The number of anilines is 1. The van der Waals surface area contributed by atoms with E-state index in [9.17, 15) is 13.2 Å². The van der Waals surface area contributed by atoms with Crippen LogP contribution in [0, 0.1) is 6.92 Å². The fourth-order valence-electron chi connectivity index (χ4n) is 4.19. The number of hydrogen-bond acceptors (Lipinski definition) is 6. The van der Waals surface area contributed by atoms with Crippen molar-refractivity contribution in [3.8, 4) is 5.75 Å². The van der Waals surface area contributed by atoms with Crippen LogP contribution in [0.15, 0.2) is 41.3 Å². The Morgan fingerprint density at radius 2 is 1.70 bits per heavy atom. The third-order valence-electron chi connectivity index (χ3n) is 6.09. The largest absolute Gasteiger partial charge is 0.496 e. The van der Waals surface area contributed by atoms with Crippen molar-refractivity contribution >= 4 is 33.2 Å². The SMILES string of the molecule is COc1ccc(S(=O)(=O)N2CCN(c3cc(Cl)ccc3C)CC2)cc1C(=O)N1CCOCC1. The van der Waals surface area contributed by atoms with Gasteiger partial charge in [-0.05, 0) is 42.8 Å². The molecule has 0 spiro atoms. The molecule has 0 unspecified atom stereocenters. The molecule has 0 atom stereocenters. The number of ether oxygens (including phenoxy) is 2. The maximum atomic E-state index is 13.4. The second-order valence-electron chi connectivity index (χ2n) is 8.09. The number of carbonyl (C=O) groups is 1. The summed E-state index contributed by atoms with van der Waals surface area (Å²) in [6.45, 7) is 5.64. The lowest BCUT2D eigenvalue weighted by molar-refractivity contribution is 0.0300. The summed E-state index contributed by atoms with van der Waals surface area (Å²) in [7, 11) is -2.30. The third-order valence-corrected chi connectivity index (χ3v) is 8.22. The van der Waals surface area contributed by atoms with Gasteiger partial charge in [-0.1, -0.05) is 17.7 Å². The number of benzene rings is 2. The predicted octanol–water partition coefficient (Wildman–Crippen LogP) is 2.64. The topological polar surface area (TPSA) is 79.4 Å². The minimum absolute atomic E-state index is 0.0901. The number of carbonyl (C=O) groups excluding carboxylic acids is 1. The van der Waals surface area contributed by atoms with Gasteiger partial charge in [-0.25, -0.2) is 8.42 Å². The first-order valence-corrected chi connectivity index (χ1v) is 12.7. The summed E-state index contributed by atoms with van der Waals surface area (Å²) in [5.74, 6) is 0.0974. The summed E-state index contributed by atoms with van der Waals surface area (Å²) in [6, 6.07) is 10.2. The molecular formula is C23H28ClN3O5S. The highest BCUT2D eigenvalue weighted by Gasteiger charge is 2.31. The first-order chi connectivity index (χ1) is 15.8. The van der Waals surface area contributed by atoms with Crippen LogP contribution in [-0.4, -0.2) is 83.1 Å². The summed E-state index contributed by atoms with van der Waals surface area (Å²) in [4.78, 5) is 17.0. The highest BCUT2D eigenvalue weighted by atomic mass is 35.5. The molecule has 0 radical (unpaired) electrons. The molecule has 10 heteroatoms. The van der Waals surface area contributed by atoms with Crippen LogP contribution >= 0.6 is 11.6 Å². The molecule has 2 aromatic rings. The van der Waals surface area contributed by atoms with E-state index < -0.39 is 10.0 Å². The van der Waals surface area contributed by atoms with E-state index >= 15 is 0 Å². The number of nitrogens with zero attached hydrogens (tertiary/aromatic N) is 3. The van der Waals surface area contributed by atoms with Crippen LogP contribution in [0.5, 0.6) is 5.75 Å². The average molecular weight is 494 g/mol. The van der Waals surface area contributed by atoms with Gasteiger partial charge in [0, 0.05) is 50.0 Å². The zero-order chi connectivity index (χ0) is 23.6. The van der Waals surface area contributed by atoms with Crippen molar-refractivity contribution in [3.63, 3.8) is 0 Å². The standard InChI is InChI=1S/C23H28ClN3O5S/c1-17-3-4-18(24)15-21(17)25-7-9-27(10-8-25)33(29,30)19-5-6-22(31-2)20(16-19)23(28)26-11-13-32-14-12-26/h3-6,15-16H,7-14H2,1-2H3. The Morgan fingerprint density at radius 3 is 2.36 bits per heavy atom. The van der Waals surface area contributed by atoms with Crippen molar-refractivity contribution in [1.82, 2.24) is 9.21 Å². The number of hydrogen-bond donors (Lipinski definition) is 0. The zero-order valence-electron chi connectivity index (χ0n) is 18.8. The summed E-state index contributed by atoms with van der Waals surface area (Å²) in [5.41, 5.74) is 2.35. The van der Waals surface area contributed by atoms with Crippen LogP contribution in [-0.2, 0) is 14.8 Å². The number of piperazine rings is 1. The number of methoxy groups -OCH3 is 1. The van der Waals surface area contributed by atoms with E-state index in [0.29, 0.717) is 63.3 Å². The summed E-state index contributed by atoms with van der Waals surface area (Å²) >= 11 is 6.16. The normalized spacial score (nSPS) is 17.8. The smallest absolute Gasteiger partial charge is 0.257 e. The van der Waals surface area contributed by atoms with Crippen molar-refractivity contribution in [3.05, 3.63) is 52.5 Å². The van der Waals surface area contributed by atoms with Gasteiger partial charge in [0.2, 0.25) is 10.0 Å². The molecule has 1 amide bonds. The number of amides is 1. The Balaban J connectivity index is 1.54. The van der Waals surface area contributed by atoms with E-state index in [0.717, 1.165) is 11.3 Å². The molecule has 0 saturated carbocycles. The second kappa shape index (κ2) is 9.89. The molecule has 0 aliphatic carbocycles. The molecule has 2 heterocycles. The highest BCUT2D eigenvalue weighted by molar-refractivity contribution is 7.89.